The second-order valence-electron chi connectivity index (χ2n) is 7.70. The van der Waals surface area contributed by atoms with E-state index in [2.05, 4.69) is 16.4 Å². The number of fused-ring (bicyclic) bond motifs is 2. The van der Waals surface area contributed by atoms with Crippen LogP contribution < -0.4 is 14.8 Å². The maximum atomic E-state index is 12.8. The second-order valence-corrected chi connectivity index (χ2v) is 7.70. The molecule has 0 aliphatic carbocycles. The van der Waals surface area contributed by atoms with Gasteiger partial charge in [-0.1, -0.05) is 36.4 Å². The number of benzene rings is 2. The van der Waals surface area contributed by atoms with Crippen molar-refractivity contribution >= 4 is 11.6 Å². The van der Waals surface area contributed by atoms with E-state index in [0.717, 1.165) is 29.1 Å². The van der Waals surface area contributed by atoms with Gasteiger partial charge < -0.3 is 19.2 Å². The Morgan fingerprint density at radius 1 is 1.16 bits per heavy atom. The molecule has 1 aliphatic heterocycles. The Balaban J connectivity index is 1.23. The molecular weight excluding hydrogens is 390 g/mol. The number of nitrogens with zero attached hydrogens (tertiary/aromatic N) is 2. The molecule has 3 heterocycles. The van der Waals surface area contributed by atoms with Crippen molar-refractivity contribution in [1.29, 1.82) is 0 Å². The van der Waals surface area contributed by atoms with Crippen LogP contribution in [0.3, 0.4) is 0 Å². The van der Waals surface area contributed by atoms with Gasteiger partial charge in [0.15, 0.2) is 0 Å². The van der Waals surface area contributed by atoms with Crippen LogP contribution in [0.5, 0.6) is 11.5 Å². The summed E-state index contributed by atoms with van der Waals surface area (Å²) in [6.45, 7) is 2.75. The molecule has 6 heteroatoms. The van der Waals surface area contributed by atoms with Crippen LogP contribution in [0.25, 0.3) is 5.65 Å². The topological polar surface area (TPSA) is 64.9 Å². The van der Waals surface area contributed by atoms with E-state index >= 15 is 0 Å². The van der Waals surface area contributed by atoms with Crippen LogP contribution in [-0.4, -0.2) is 27.9 Å². The molecule has 5 rings (SSSR count). The molecule has 1 amide bonds. The summed E-state index contributed by atoms with van der Waals surface area (Å²) in [6, 6.07) is 19.2. The van der Waals surface area contributed by atoms with Crippen LogP contribution in [0.4, 0.5) is 0 Å². The molecule has 1 N–H and O–H groups in total. The summed E-state index contributed by atoms with van der Waals surface area (Å²) in [6.07, 6.45) is 4.64. The van der Waals surface area contributed by atoms with Gasteiger partial charge in [-0.3, -0.25) is 4.79 Å². The monoisotopic (exact) mass is 413 g/mol. The number of carbonyl (C=O) groups excluding carboxylic acids is 1. The maximum absolute atomic E-state index is 12.8. The van der Waals surface area contributed by atoms with Crippen LogP contribution in [0.1, 0.15) is 27.2 Å². The van der Waals surface area contributed by atoms with Gasteiger partial charge in [-0.25, -0.2) is 4.98 Å². The lowest BCUT2D eigenvalue weighted by Gasteiger charge is -2.14. The average Bonchev–Trinajstić information content (AvgIpc) is 3.40. The van der Waals surface area contributed by atoms with E-state index in [0.29, 0.717) is 17.9 Å². The van der Waals surface area contributed by atoms with E-state index in [-0.39, 0.29) is 18.6 Å². The predicted molar refractivity (Wildman–Crippen MR) is 118 cm³/mol. The molecule has 2 aromatic heterocycles. The molecule has 0 bridgehead atoms. The third kappa shape index (κ3) is 3.97. The fourth-order valence-corrected chi connectivity index (χ4v) is 3.88. The zero-order valence-corrected chi connectivity index (χ0v) is 17.2. The number of carbonyl (C=O) groups is 1. The lowest BCUT2D eigenvalue weighted by molar-refractivity contribution is 0.0929. The van der Waals surface area contributed by atoms with Crippen molar-refractivity contribution in [3.8, 4) is 11.5 Å². The Morgan fingerprint density at radius 3 is 2.87 bits per heavy atom. The normalized spacial score (nSPS) is 14.8. The number of rotatable bonds is 6. The highest BCUT2D eigenvalue weighted by Gasteiger charge is 2.23. The van der Waals surface area contributed by atoms with Crippen LogP contribution >= 0.6 is 0 Å². The first-order chi connectivity index (χ1) is 15.2. The quantitative estimate of drug-likeness (QED) is 0.520. The standard InChI is InChI=1S/C25H23N3O3/c1-17-7-6-12-28-15-19(27-24(17)28)16-30-23-11-5-3-9-21(23)25(29)26-14-20-13-18-8-2-4-10-22(18)31-20/h2-12,15,20H,13-14,16H2,1H3,(H,26,29). The van der Waals surface area contributed by atoms with Gasteiger partial charge in [0.1, 0.15) is 29.9 Å². The van der Waals surface area contributed by atoms with Gasteiger partial charge in [0.2, 0.25) is 0 Å². The molecule has 31 heavy (non-hydrogen) atoms. The highest BCUT2D eigenvalue weighted by molar-refractivity contribution is 5.96. The SMILES string of the molecule is Cc1cccn2cc(COc3ccccc3C(=O)NCC3Cc4ccccc4O3)nc12. The van der Waals surface area contributed by atoms with Gasteiger partial charge in [-0.05, 0) is 42.3 Å². The molecule has 1 aliphatic rings. The van der Waals surface area contributed by atoms with E-state index < -0.39 is 0 Å². The molecule has 0 spiro atoms. The molecular formula is C25H23N3O3. The van der Waals surface area contributed by atoms with Crippen molar-refractivity contribution < 1.29 is 14.3 Å². The van der Waals surface area contributed by atoms with Gasteiger partial charge in [-0.15, -0.1) is 0 Å². The molecule has 4 aromatic rings. The minimum Gasteiger partial charge on any atom is -0.488 e. The first kappa shape index (κ1) is 19.2. The zero-order valence-electron chi connectivity index (χ0n) is 17.2. The Bertz CT molecular complexity index is 1220. The molecule has 2 aromatic carbocycles. The van der Waals surface area contributed by atoms with Gasteiger partial charge >= 0.3 is 0 Å². The molecule has 156 valence electrons. The highest BCUT2D eigenvalue weighted by Crippen LogP contribution is 2.28. The van der Waals surface area contributed by atoms with Crippen molar-refractivity contribution in [3.63, 3.8) is 0 Å². The van der Waals surface area contributed by atoms with Crippen LogP contribution in [-0.2, 0) is 13.0 Å². The van der Waals surface area contributed by atoms with Gasteiger partial charge in [0.25, 0.3) is 5.91 Å². The fourth-order valence-electron chi connectivity index (χ4n) is 3.88. The number of para-hydroxylation sites is 2. The van der Waals surface area contributed by atoms with Gasteiger partial charge in [0, 0.05) is 18.8 Å². The summed E-state index contributed by atoms with van der Waals surface area (Å²) in [5, 5.41) is 2.98. The smallest absolute Gasteiger partial charge is 0.255 e. The molecule has 0 fully saturated rings. The minimum atomic E-state index is -0.180. The number of aryl methyl sites for hydroxylation is 1. The maximum Gasteiger partial charge on any atom is 0.255 e. The Hall–Kier alpha value is -3.80. The predicted octanol–water partition coefficient (Wildman–Crippen LogP) is 3.96. The largest absolute Gasteiger partial charge is 0.488 e. The number of hydrogen-bond donors (Lipinski definition) is 1. The molecule has 0 saturated carbocycles. The lowest BCUT2D eigenvalue weighted by atomic mass is 10.1. The van der Waals surface area contributed by atoms with E-state index in [1.807, 2.05) is 66.2 Å². The van der Waals surface area contributed by atoms with Crippen LogP contribution in [0.15, 0.2) is 73.1 Å². The Morgan fingerprint density at radius 2 is 2.00 bits per heavy atom. The van der Waals surface area contributed by atoms with E-state index in [1.165, 1.54) is 5.56 Å². The van der Waals surface area contributed by atoms with Crippen molar-refractivity contribution in [2.75, 3.05) is 6.54 Å². The number of imidazole rings is 1. The average molecular weight is 413 g/mol. The zero-order chi connectivity index (χ0) is 21.2. The number of hydrogen-bond acceptors (Lipinski definition) is 4. The van der Waals surface area contributed by atoms with Gasteiger partial charge in [-0.2, -0.15) is 0 Å². The number of amides is 1. The summed E-state index contributed by atoms with van der Waals surface area (Å²) >= 11 is 0. The Labute approximate surface area is 180 Å². The summed E-state index contributed by atoms with van der Waals surface area (Å²) < 4.78 is 13.9. The molecule has 1 atom stereocenters. The van der Waals surface area contributed by atoms with Crippen molar-refractivity contribution in [2.24, 2.45) is 0 Å². The first-order valence-electron chi connectivity index (χ1n) is 10.3. The Kier molecular flexibility index (Phi) is 5.04. The van der Waals surface area contributed by atoms with Gasteiger partial charge in [0.05, 0.1) is 17.8 Å². The van der Waals surface area contributed by atoms with Crippen molar-refractivity contribution in [1.82, 2.24) is 14.7 Å². The molecule has 1 unspecified atom stereocenters. The number of ether oxygens (including phenoxy) is 2. The first-order valence-corrected chi connectivity index (χ1v) is 10.3. The number of aromatic nitrogens is 2. The molecule has 0 saturated heterocycles. The summed E-state index contributed by atoms with van der Waals surface area (Å²) in [5.74, 6) is 1.25. The van der Waals surface area contributed by atoms with Crippen LogP contribution in [0, 0.1) is 6.92 Å². The summed E-state index contributed by atoms with van der Waals surface area (Å²) in [5.41, 5.74) is 4.49. The van der Waals surface area contributed by atoms with E-state index in [9.17, 15) is 4.79 Å². The summed E-state index contributed by atoms with van der Waals surface area (Å²) in [7, 11) is 0. The second kappa shape index (κ2) is 8.14. The third-order valence-corrected chi connectivity index (χ3v) is 5.44. The highest BCUT2D eigenvalue weighted by atomic mass is 16.5. The number of pyridine rings is 1. The summed E-state index contributed by atoms with van der Waals surface area (Å²) in [4.78, 5) is 17.5. The van der Waals surface area contributed by atoms with Crippen molar-refractivity contribution in [3.05, 3.63) is 95.4 Å². The van der Waals surface area contributed by atoms with Crippen molar-refractivity contribution in [2.45, 2.75) is 26.1 Å². The van der Waals surface area contributed by atoms with Crippen LogP contribution in [0.2, 0.25) is 0 Å². The van der Waals surface area contributed by atoms with E-state index in [4.69, 9.17) is 9.47 Å². The van der Waals surface area contributed by atoms with E-state index in [1.54, 1.807) is 12.1 Å². The fraction of sp³-hybridized carbons (Fsp3) is 0.200. The lowest BCUT2D eigenvalue weighted by Crippen LogP contribution is -2.34. The third-order valence-electron chi connectivity index (χ3n) is 5.44. The number of nitrogens with one attached hydrogen (secondary N) is 1. The minimum absolute atomic E-state index is 0.0596. The molecule has 6 nitrogen and oxygen atoms in total. The molecule has 0 radical (unpaired) electrons.